The van der Waals surface area contributed by atoms with Crippen LogP contribution in [0.5, 0.6) is 11.5 Å². The average Bonchev–Trinajstić information content (AvgIpc) is 3.13. The molecular formula is C19H27BrN4O3. The van der Waals surface area contributed by atoms with Gasteiger partial charge in [-0.1, -0.05) is 34.9 Å². The van der Waals surface area contributed by atoms with Crippen molar-refractivity contribution in [3.8, 4) is 11.5 Å². The van der Waals surface area contributed by atoms with Crippen LogP contribution in [0.4, 0.5) is 0 Å². The van der Waals surface area contributed by atoms with Crippen LogP contribution in [0.2, 0.25) is 0 Å². The van der Waals surface area contributed by atoms with Crippen LogP contribution in [0.15, 0.2) is 32.2 Å². The minimum Gasteiger partial charge on any atom is -0.493 e. The highest BCUT2D eigenvalue weighted by Gasteiger charge is 2.11. The first-order valence-corrected chi connectivity index (χ1v) is 9.65. The second-order valence-corrected chi connectivity index (χ2v) is 7.07. The molecule has 0 bridgehead atoms. The second-order valence-electron chi connectivity index (χ2n) is 6.22. The standard InChI is InChI=1S/C19H27BrN4O3/c1-6-21-19(23-11-14-8-16(12(2)3)24-27-14)22-10-13-7-17(25-4)18(26-5)9-15(13)20/h7-9,12H,6,10-11H2,1-5H3,(H2,21,22,23). The Bertz CT molecular complexity index is 774. The molecule has 0 aliphatic carbocycles. The van der Waals surface area contributed by atoms with Crippen LogP contribution < -0.4 is 20.1 Å². The zero-order valence-corrected chi connectivity index (χ0v) is 18.0. The van der Waals surface area contributed by atoms with Crippen LogP contribution in [0.3, 0.4) is 0 Å². The van der Waals surface area contributed by atoms with E-state index < -0.39 is 0 Å². The van der Waals surface area contributed by atoms with Gasteiger partial charge in [0.15, 0.2) is 23.2 Å². The van der Waals surface area contributed by atoms with Gasteiger partial charge >= 0.3 is 0 Å². The van der Waals surface area contributed by atoms with Gasteiger partial charge in [-0.15, -0.1) is 0 Å². The average molecular weight is 439 g/mol. The monoisotopic (exact) mass is 438 g/mol. The van der Waals surface area contributed by atoms with Gasteiger partial charge in [-0.2, -0.15) is 0 Å². The Morgan fingerprint density at radius 3 is 2.48 bits per heavy atom. The van der Waals surface area contributed by atoms with E-state index in [2.05, 4.69) is 50.6 Å². The third kappa shape index (κ3) is 5.89. The molecule has 148 valence electrons. The van der Waals surface area contributed by atoms with Gasteiger partial charge in [-0.3, -0.25) is 0 Å². The van der Waals surface area contributed by atoms with Crippen molar-refractivity contribution in [2.75, 3.05) is 20.8 Å². The molecule has 8 heteroatoms. The summed E-state index contributed by atoms with van der Waals surface area (Å²) in [7, 11) is 3.23. The molecule has 7 nitrogen and oxygen atoms in total. The van der Waals surface area contributed by atoms with E-state index in [4.69, 9.17) is 14.0 Å². The molecule has 2 rings (SSSR count). The number of aliphatic imine (C=N–C) groups is 1. The summed E-state index contributed by atoms with van der Waals surface area (Å²) in [6.07, 6.45) is 0. The fourth-order valence-corrected chi connectivity index (χ4v) is 2.83. The van der Waals surface area contributed by atoms with Gasteiger partial charge in [0.05, 0.1) is 33.0 Å². The van der Waals surface area contributed by atoms with Gasteiger partial charge in [0, 0.05) is 17.1 Å². The summed E-state index contributed by atoms with van der Waals surface area (Å²) in [6, 6.07) is 5.76. The number of hydrogen-bond donors (Lipinski definition) is 2. The zero-order valence-electron chi connectivity index (χ0n) is 16.4. The summed E-state index contributed by atoms with van der Waals surface area (Å²) in [5.74, 6) is 3.16. The summed E-state index contributed by atoms with van der Waals surface area (Å²) < 4.78 is 17.0. The molecule has 2 aromatic rings. The van der Waals surface area contributed by atoms with E-state index in [0.717, 1.165) is 28.0 Å². The van der Waals surface area contributed by atoms with Crippen molar-refractivity contribution in [3.05, 3.63) is 39.7 Å². The van der Waals surface area contributed by atoms with E-state index in [1.165, 1.54) is 0 Å². The molecule has 0 aliphatic rings. The van der Waals surface area contributed by atoms with Crippen LogP contribution in [-0.4, -0.2) is 31.9 Å². The zero-order chi connectivity index (χ0) is 19.8. The first-order chi connectivity index (χ1) is 13.0. The molecule has 0 aliphatic heterocycles. The van der Waals surface area contributed by atoms with Crippen LogP contribution in [0.25, 0.3) is 0 Å². The third-order valence-electron chi connectivity index (χ3n) is 3.90. The summed E-state index contributed by atoms with van der Waals surface area (Å²) >= 11 is 3.56. The SMILES string of the molecule is CCNC(=NCc1cc(OC)c(OC)cc1Br)NCc1cc(C(C)C)no1. The Labute approximate surface area is 168 Å². The lowest BCUT2D eigenvalue weighted by Crippen LogP contribution is -2.36. The van der Waals surface area contributed by atoms with Crippen LogP contribution in [0.1, 0.15) is 43.7 Å². The number of guanidine groups is 1. The normalized spacial score (nSPS) is 11.6. The second kappa shape index (κ2) is 10.2. The molecule has 0 unspecified atom stereocenters. The number of halogens is 1. The molecule has 1 heterocycles. The minimum atomic E-state index is 0.340. The number of hydrogen-bond acceptors (Lipinski definition) is 5. The molecule has 1 aromatic carbocycles. The summed E-state index contributed by atoms with van der Waals surface area (Å²) in [5.41, 5.74) is 1.94. The fraction of sp³-hybridized carbons (Fsp3) is 0.474. The highest BCUT2D eigenvalue weighted by molar-refractivity contribution is 9.10. The maximum atomic E-state index is 5.37. The first kappa shape index (κ1) is 21.1. The van der Waals surface area contributed by atoms with Crippen molar-refractivity contribution < 1.29 is 14.0 Å². The summed E-state index contributed by atoms with van der Waals surface area (Å²) in [4.78, 5) is 4.64. The quantitative estimate of drug-likeness (QED) is 0.481. The van der Waals surface area contributed by atoms with E-state index in [9.17, 15) is 0 Å². The van der Waals surface area contributed by atoms with E-state index in [-0.39, 0.29) is 0 Å². The smallest absolute Gasteiger partial charge is 0.191 e. The van der Waals surface area contributed by atoms with Crippen molar-refractivity contribution in [3.63, 3.8) is 0 Å². The molecule has 1 aromatic heterocycles. The van der Waals surface area contributed by atoms with Gasteiger partial charge in [-0.05, 0) is 30.5 Å². The molecule has 0 fully saturated rings. The highest BCUT2D eigenvalue weighted by Crippen LogP contribution is 2.33. The summed E-state index contributed by atoms with van der Waals surface area (Å²) in [5, 5.41) is 10.6. The lowest BCUT2D eigenvalue weighted by Gasteiger charge is -2.12. The Kier molecular flexibility index (Phi) is 7.97. The van der Waals surface area contributed by atoms with E-state index in [0.29, 0.717) is 36.5 Å². The fourth-order valence-electron chi connectivity index (χ4n) is 2.38. The van der Waals surface area contributed by atoms with E-state index >= 15 is 0 Å². The Hall–Kier alpha value is -2.22. The number of benzene rings is 1. The van der Waals surface area contributed by atoms with Gasteiger partial charge in [-0.25, -0.2) is 4.99 Å². The maximum Gasteiger partial charge on any atom is 0.191 e. The van der Waals surface area contributed by atoms with Gasteiger partial charge in [0.2, 0.25) is 0 Å². The number of aromatic nitrogens is 1. The van der Waals surface area contributed by atoms with Crippen LogP contribution in [0, 0.1) is 0 Å². The number of ether oxygens (including phenoxy) is 2. The Balaban J connectivity index is 2.08. The van der Waals surface area contributed by atoms with Crippen LogP contribution >= 0.6 is 15.9 Å². The molecule has 2 N–H and O–H groups in total. The van der Waals surface area contributed by atoms with Crippen molar-refractivity contribution in [2.24, 2.45) is 4.99 Å². The minimum absolute atomic E-state index is 0.340. The number of methoxy groups -OCH3 is 2. The summed E-state index contributed by atoms with van der Waals surface area (Å²) in [6.45, 7) is 7.94. The van der Waals surface area contributed by atoms with E-state index in [1.807, 2.05) is 25.1 Å². The predicted octanol–water partition coefficient (Wildman–Crippen LogP) is 3.83. The topological polar surface area (TPSA) is 80.9 Å². The number of nitrogens with zero attached hydrogens (tertiary/aromatic N) is 2. The Morgan fingerprint density at radius 2 is 1.89 bits per heavy atom. The third-order valence-corrected chi connectivity index (χ3v) is 4.64. The molecule has 0 spiro atoms. The molecule has 0 saturated carbocycles. The number of nitrogens with one attached hydrogen (secondary N) is 2. The largest absolute Gasteiger partial charge is 0.493 e. The van der Waals surface area contributed by atoms with Gasteiger partial charge < -0.3 is 24.6 Å². The Morgan fingerprint density at radius 1 is 1.19 bits per heavy atom. The number of rotatable bonds is 8. The molecule has 0 amide bonds. The predicted molar refractivity (Wildman–Crippen MR) is 109 cm³/mol. The highest BCUT2D eigenvalue weighted by atomic mass is 79.9. The first-order valence-electron chi connectivity index (χ1n) is 8.86. The van der Waals surface area contributed by atoms with Crippen molar-refractivity contribution in [1.82, 2.24) is 15.8 Å². The lowest BCUT2D eigenvalue weighted by atomic mass is 10.1. The van der Waals surface area contributed by atoms with Crippen molar-refractivity contribution in [1.29, 1.82) is 0 Å². The van der Waals surface area contributed by atoms with Gasteiger partial charge in [0.1, 0.15) is 0 Å². The van der Waals surface area contributed by atoms with Crippen molar-refractivity contribution >= 4 is 21.9 Å². The van der Waals surface area contributed by atoms with Crippen LogP contribution in [-0.2, 0) is 13.1 Å². The van der Waals surface area contributed by atoms with Gasteiger partial charge in [0.25, 0.3) is 0 Å². The van der Waals surface area contributed by atoms with Crippen molar-refractivity contribution in [2.45, 2.75) is 39.8 Å². The molecule has 0 atom stereocenters. The lowest BCUT2D eigenvalue weighted by molar-refractivity contribution is 0.354. The molecule has 27 heavy (non-hydrogen) atoms. The van der Waals surface area contributed by atoms with E-state index in [1.54, 1.807) is 14.2 Å². The molecule has 0 radical (unpaired) electrons. The molecule has 0 saturated heterocycles. The maximum absolute atomic E-state index is 5.37. The molecular weight excluding hydrogens is 412 g/mol.